The Balaban J connectivity index is 2.10. The van der Waals surface area contributed by atoms with Gasteiger partial charge in [-0.1, -0.05) is 18.2 Å². The molecule has 1 aromatic carbocycles. The zero-order valence-electron chi connectivity index (χ0n) is 12.3. The van der Waals surface area contributed by atoms with Crippen LogP contribution in [0.1, 0.15) is 10.4 Å². The Hall–Kier alpha value is -2.98. The summed E-state index contributed by atoms with van der Waals surface area (Å²) in [6.07, 6.45) is 1.05. The molecule has 0 aliphatic carbocycles. The lowest BCUT2D eigenvalue weighted by Gasteiger charge is -2.18. The summed E-state index contributed by atoms with van der Waals surface area (Å²) < 4.78 is 0. The number of hydrogen-bond acceptors (Lipinski definition) is 3. The number of urea groups is 1. The van der Waals surface area contributed by atoms with Crippen LogP contribution >= 0.6 is 0 Å². The Morgan fingerprint density at radius 2 is 2.05 bits per heavy atom. The van der Waals surface area contributed by atoms with Crippen LogP contribution in [0.2, 0.25) is 0 Å². The topological polar surface area (TPSA) is 103 Å². The molecule has 0 spiro atoms. The quantitative estimate of drug-likeness (QED) is 0.375. The maximum Gasteiger partial charge on any atom is 0.314 e. The number of H-pyrrole nitrogens is 1. The van der Waals surface area contributed by atoms with Gasteiger partial charge < -0.3 is 16.0 Å². The van der Waals surface area contributed by atoms with Crippen molar-refractivity contribution in [3.63, 3.8) is 0 Å². The second-order valence-corrected chi connectivity index (χ2v) is 4.85. The van der Waals surface area contributed by atoms with Crippen LogP contribution in [0.25, 0.3) is 10.9 Å². The van der Waals surface area contributed by atoms with Gasteiger partial charge in [0, 0.05) is 23.1 Å². The van der Waals surface area contributed by atoms with E-state index in [-0.39, 0.29) is 5.91 Å². The van der Waals surface area contributed by atoms with Gasteiger partial charge in [-0.25, -0.2) is 4.79 Å². The Kier molecular flexibility index (Phi) is 4.66. The number of aromatic nitrogens is 1. The molecule has 7 heteroatoms. The summed E-state index contributed by atoms with van der Waals surface area (Å²) in [5.41, 5.74) is 6.45. The molecule has 2 aromatic rings. The van der Waals surface area contributed by atoms with Crippen LogP contribution in [0.4, 0.5) is 4.79 Å². The standard InChI is InChI=1S/C15H17N5O2/c1-20(2)13(19-15(16)22)7-8-17-14(21)11-9-18-12-6-4-3-5-10(11)12/h3-6,9,13,18H,1-2H3,(H,17,21)(H3,16,19,22). The molecule has 114 valence electrons. The highest BCUT2D eigenvalue weighted by Crippen LogP contribution is 2.17. The molecule has 2 rings (SSSR count). The predicted octanol–water partition coefficient (Wildman–Crippen LogP) is 0.415. The fourth-order valence-electron chi connectivity index (χ4n) is 1.92. The lowest BCUT2D eigenvalue weighted by molar-refractivity contribution is 0.0975. The molecule has 1 aromatic heterocycles. The molecule has 0 aliphatic heterocycles. The number of benzene rings is 1. The largest absolute Gasteiger partial charge is 0.360 e. The highest BCUT2D eigenvalue weighted by atomic mass is 16.2. The maximum atomic E-state index is 12.1. The number of nitrogens with one attached hydrogen (secondary N) is 3. The number of aromatic amines is 1. The van der Waals surface area contributed by atoms with Crippen molar-refractivity contribution in [2.45, 2.75) is 6.17 Å². The second kappa shape index (κ2) is 6.65. The van der Waals surface area contributed by atoms with Crippen molar-refractivity contribution in [1.82, 2.24) is 20.5 Å². The first kappa shape index (κ1) is 15.4. The maximum absolute atomic E-state index is 12.1. The highest BCUT2D eigenvalue weighted by molar-refractivity contribution is 6.07. The number of nitrogens with zero attached hydrogens (tertiary/aromatic N) is 1. The molecule has 7 nitrogen and oxygen atoms in total. The summed E-state index contributed by atoms with van der Waals surface area (Å²) in [4.78, 5) is 27.7. The Morgan fingerprint density at radius 1 is 1.32 bits per heavy atom. The van der Waals surface area contributed by atoms with Gasteiger partial charge in [0.1, 0.15) is 6.17 Å². The molecule has 3 amide bonds. The molecule has 0 saturated carbocycles. The third-order valence-corrected chi connectivity index (χ3v) is 3.01. The molecule has 0 fully saturated rings. The minimum absolute atomic E-state index is 0.318. The van der Waals surface area contributed by atoms with Gasteiger partial charge in [-0.3, -0.25) is 15.0 Å². The summed E-state index contributed by atoms with van der Waals surface area (Å²) in [6.45, 7) is 0. The Bertz CT molecular complexity index is 754. The summed E-state index contributed by atoms with van der Waals surface area (Å²) in [5.74, 6) is 2.40. The van der Waals surface area contributed by atoms with Crippen molar-refractivity contribution in [3.8, 4) is 12.0 Å². The van der Waals surface area contributed by atoms with Crippen LogP contribution in [-0.2, 0) is 0 Å². The third-order valence-electron chi connectivity index (χ3n) is 3.01. The van der Waals surface area contributed by atoms with Gasteiger partial charge in [0.2, 0.25) is 0 Å². The summed E-state index contributed by atoms with van der Waals surface area (Å²) >= 11 is 0. The molecular formula is C15H17N5O2. The van der Waals surface area contributed by atoms with E-state index in [9.17, 15) is 9.59 Å². The molecule has 0 saturated heterocycles. The number of carbonyl (C=O) groups is 2. The molecule has 5 N–H and O–H groups in total. The van der Waals surface area contributed by atoms with E-state index in [1.165, 1.54) is 0 Å². The zero-order chi connectivity index (χ0) is 16.1. The second-order valence-electron chi connectivity index (χ2n) is 4.85. The van der Waals surface area contributed by atoms with Crippen LogP contribution in [0.5, 0.6) is 0 Å². The van der Waals surface area contributed by atoms with E-state index >= 15 is 0 Å². The first-order valence-corrected chi connectivity index (χ1v) is 6.58. The van der Waals surface area contributed by atoms with Crippen molar-refractivity contribution in [1.29, 1.82) is 0 Å². The first-order valence-electron chi connectivity index (χ1n) is 6.58. The molecule has 0 radical (unpaired) electrons. The minimum atomic E-state index is -0.684. The van der Waals surface area contributed by atoms with Crippen LogP contribution in [0, 0.1) is 12.0 Å². The smallest absolute Gasteiger partial charge is 0.314 e. The number of nitrogens with two attached hydrogens (primary N) is 1. The minimum Gasteiger partial charge on any atom is -0.360 e. The molecule has 1 unspecified atom stereocenters. The first-order chi connectivity index (χ1) is 10.5. The summed E-state index contributed by atoms with van der Waals surface area (Å²) in [7, 11) is 3.47. The van der Waals surface area contributed by atoms with Crippen LogP contribution in [-0.4, -0.2) is 42.1 Å². The van der Waals surface area contributed by atoms with E-state index in [0.717, 1.165) is 10.9 Å². The van der Waals surface area contributed by atoms with Gasteiger partial charge >= 0.3 is 6.03 Å². The van der Waals surface area contributed by atoms with Crippen molar-refractivity contribution in [2.24, 2.45) is 5.73 Å². The summed E-state index contributed by atoms with van der Waals surface area (Å²) in [5, 5.41) is 5.77. The van der Waals surface area contributed by atoms with Gasteiger partial charge in [0.25, 0.3) is 5.91 Å². The lowest BCUT2D eigenvalue weighted by Crippen LogP contribution is -2.46. The van der Waals surface area contributed by atoms with Crippen molar-refractivity contribution in [3.05, 3.63) is 36.0 Å². The van der Waals surface area contributed by atoms with Crippen molar-refractivity contribution in [2.75, 3.05) is 14.1 Å². The van der Waals surface area contributed by atoms with E-state index in [0.29, 0.717) is 5.56 Å². The van der Waals surface area contributed by atoms with Gasteiger partial charge in [0.15, 0.2) is 0 Å². The Morgan fingerprint density at radius 3 is 2.73 bits per heavy atom. The van der Waals surface area contributed by atoms with Gasteiger partial charge in [0.05, 0.1) is 5.56 Å². The highest BCUT2D eigenvalue weighted by Gasteiger charge is 2.11. The molecule has 22 heavy (non-hydrogen) atoms. The third kappa shape index (κ3) is 3.56. The monoisotopic (exact) mass is 299 g/mol. The average Bonchev–Trinajstić information content (AvgIpc) is 2.89. The van der Waals surface area contributed by atoms with E-state index < -0.39 is 12.2 Å². The fourth-order valence-corrected chi connectivity index (χ4v) is 1.92. The van der Waals surface area contributed by atoms with E-state index in [1.807, 2.05) is 24.3 Å². The molecule has 0 bridgehead atoms. The molecule has 1 atom stereocenters. The van der Waals surface area contributed by atoms with E-state index in [4.69, 9.17) is 5.73 Å². The molecule has 1 heterocycles. The number of rotatable bonds is 3. The van der Waals surface area contributed by atoms with Gasteiger partial charge in [-0.05, 0) is 26.1 Å². The number of amides is 3. The summed E-state index contributed by atoms with van der Waals surface area (Å²) in [6, 6.07) is 9.35. The number of hydrogen-bond donors (Lipinski definition) is 4. The number of carbonyl (C=O) groups excluding carboxylic acids is 2. The zero-order valence-corrected chi connectivity index (χ0v) is 12.3. The van der Waals surface area contributed by atoms with Crippen LogP contribution < -0.4 is 16.4 Å². The SMILES string of the molecule is CN(C)C(C#CNC(=O)c1c[nH]c2ccccc12)NC(N)=O. The predicted molar refractivity (Wildman–Crippen MR) is 83.7 cm³/mol. The molecular weight excluding hydrogens is 282 g/mol. The number of primary amides is 1. The van der Waals surface area contributed by atoms with E-state index in [1.54, 1.807) is 25.2 Å². The van der Waals surface area contributed by atoms with Gasteiger partial charge in [-0.2, -0.15) is 0 Å². The molecule has 0 aliphatic rings. The van der Waals surface area contributed by atoms with Crippen LogP contribution in [0.15, 0.2) is 30.5 Å². The van der Waals surface area contributed by atoms with Crippen molar-refractivity contribution < 1.29 is 9.59 Å². The van der Waals surface area contributed by atoms with Crippen molar-refractivity contribution >= 4 is 22.8 Å². The normalized spacial score (nSPS) is 11.6. The van der Waals surface area contributed by atoms with Gasteiger partial charge in [-0.15, -0.1) is 0 Å². The van der Waals surface area contributed by atoms with E-state index in [2.05, 4.69) is 27.6 Å². The van der Waals surface area contributed by atoms with Crippen LogP contribution in [0.3, 0.4) is 0 Å². The fraction of sp³-hybridized carbons (Fsp3) is 0.200. The Labute approximate surface area is 127 Å². The lowest BCUT2D eigenvalue weighted by atomic mass is 10.2. The average molecular weight is 299 g/mol. The number of para-hydroxylation sites is 1. The number of fused-ring (bicyclic) bond motifs is 1.